The Balaban J connectivity index is -0.000000119. The zero-order valence-electron chi connectivity index (χ0n) is 7.78. The topological polar surface area (TPSA) is 38.7 Å². The minimum absolute atomic E-state index is 0. The molecule has 0 bridgehead atoms. The van der Waals surface area contributed by atoms with E-state index in [0.717, 1.165) is 0 Å². The monoisotopic (exact) mass is 171 g/mol. The van der Waals surface area contributed by atoms with Crippen LogP contribution in [0.5, 0.6) is 0 Å². The molecule has 1 rings (SSSR count). The van der Waals surface area contributed by atoms with E-state index in [9.17, 15) is 0 Å². The molecule has 0 atom stereocenters. The van der Waals surface area contributed by atoms with Gasteiger partial charge in [0.25, 0.3) is 0 Å². The maximum Gasteiger partial charge on any atom is 0.119 e. The predicted molar refractivity (Wildman–Crippen MR) is 53.9 cm³/mol. The SMILES string of the molecule is C.CC.CCC.c1ncncn1. The molecule has 0 aliphatic heterocycles. The van der Waals surface area contributed by atoms with Gasteiger partial charge in [-0.15, -0.1) is 0 Å². The van der Waals surface area contributed by atoms with Crippen molar-refractivity contribution in [2.75, 3.05) is 0 Å². The standard InChI is InChI=1S/C3H3N3.C3H8.C2H6.CH4/c1-4-2-6-3-5-1;1-3-2;1-2;/h1-3H;3H2,1-2H3;1-2H3;1H4. The molecule has 0 saturated heterocycles. The third kappa shape index (κ3) is 23.0. The molecule has 0 fully saturated rings. The lowest BCUT2D eigenvalue weighted by atomic mass is 10.6. The molecule has 0 saturated carbocycles. The second-order valence-corrected chi connectivity index (χ2v) is 1.50. The van der Waals surface area contributed by atoms with Gasteiger partial charge in [0.05, 0.1) is 0 Å². The van der Waals surface area contributed by atoms with Gasteiger partial charge in [-0.2, -0.15) is 0 Å². The molecule has 0 radical (unpaired) electrons. The second kappa shape index (κ2) is 22.5. The van der Waals surface area contributed by atoms with Crippen LogP contribution in [-0.4, -0.2) is 15.0 Å². The molecule has 0 aliphatic carbocycles. The van der Waals surface area contributed by atoms with Crippen LogP contribution in [0.15, 0.2) is 19.0 Å². The van der Waals surface area contributed by atoms with Crippen molar-refractivity contribution in [2.24, 2.45) is 0 Å². The van der Waals surface area contributed by atoms with Gasteiger partial charge in [-0.3, -0.25) is 0 Å². The van der Waals surface area contributed by atoms with Gasteiger partial charge in [0, 0.05) is 0 Å². The summed E-state index contributed by atoms with van der Waals surface area (Å²) in [7, 11) is 0. The van der Waals surface area contributed by atoms with E-state index >= 15 is 0 Å². The Morgan fingerprint density at radius 3 is 1.08 bits per heavy atom. The maximum atomic E-state index is 3.56. The molecule has 1 aromatic rings. The van der Waals surface area contributed by atoms with Crippen molar-refractivity contribution >= 4 is 0 Å². The third-order valence-corrected chi connectivity index (χ3v) is 0.400. The predicted octanol–water partition coefficient (Wildman–Crippen LogP) is 2.95. The van der Waals surface area contributed by atoms with Crippen molar-refractivity contribution in [3.63, 3.8) is 0 Å². The lowest BCUT2D eigenvalue weighted by Crippen LogP contribution is -1.73. The van der Waals surface area contributed by atoms with Gasteiger partial charge in [0.2, 0.25) is 0 Å². The van der Waals surface area contributed by atoms with E-state index < -0.39 is 0 Å². The average Bonchev–Trinajstić information content (AvgIpc) is 2.12. The minimum atomic E-state index is 0. The van der Waals surface area contributed by atoms with Crippen molar-refractivity contribution in [2.45, 2.75) is 41.5 Å². The summed E-state index contributed by atoms with van der Waals surface area (Å²) in [5, 5.41) is 0. The quantitative estimate of drug-likeness (QED) is 0.602. The smallest absolute Gasteiger partial charge is 0.119 e. The highest BCUT2D eigenvalue weighted by atomic mass is 14.9. The first-order valence-corrected chi connectivity index (χ1v) is 3.96. The van der Waals surface area contributed by atoms with Gasteiger partial charge >= 0.3 is 0 Å². The normalized spacial score (nSPS) is 6.00. The third-order valence-electron chi connectivity index (χ3n) is 0.400. The number of hydrogen-bond donors (Lipinski definition) is 0. The molecule has 3 heteroatoms. The van der Waals surface area contributed by atoms with Crippen molar-refractivity contribution in [1.29, 1.82) is 0 Å². The molecule has 3 nitrogen and oxygen atoms in total. The highest BCUT2D eigenvalue weighted by Gasteiger charge is 1.59. The van der Waals surface area contributed by atoms with Crippen LogP contribution >= 0.6 is 0 Å². The van der Waals surface area contributed by atoms with E-state index in [-0.39, 0.29) is 7.43 Å². The Bertz CT molecular complexity index is 92.6. The highest BCUT2D eigenvalue weighted by Crippen LogP contribution is 1.57. The first-order chi connectivity index (χ1) is 5.41. The minimum Gasteiger partial charge on any atom is -0.225 e. The molecule has 0 aliphatic rings. The van der Waals surface area contributed by atoms with Gasteiger partial charge in [-0.05, 0) is 0 Å². The van der Waals surface area contributed by atoms with Crippen LogP contribution in [0, 0.1) is 0 Å². The summed E-state index contributed by atoms with van der Waals surface area (Å²) >= 11 is 0. The summed E-state index contributed by atoms with van der Waals surface area (Å²) in [5.74, 6) is 0. The lowest BCUT2D eigenvalue weighted by Gasteiger charge is -1.69. The van der Waals surface area contributed by atoms with Gasteiger partial charge in [0.1, 0.15) is 19.0 Å². The zero-order chi connectivity index (χ0) is 8.95. The number of hydrogen-bond acceptors (Lipinski definition) is 3. The Hall–Kier alpha value is -0.990. The molecule has 0 N–H and O–H groups in total. The van der Waals surface area contributed by atoms with Crippen molar-refractivity contribution in [3.8, 4) is 0 Å². The van der Waals surface area contributed by atoms with Crippen LogP contribution in [0.1, 0.15) is 41.5 Å². The molecular weight excluding hydrogens is 150 g/mol. The first-order valence-electron chi connectivity index (χ1n) is 3.96. The molecule has 72 valence electrons. The Morgan fingerprint density at radius 1 is 0.833 bits per heavy atom. The van der Waals surface area contributed by atoms with E-state index in [1.807, 2.05) is 13.8 Å². The fraction of sp³-hybridized carbons (Fsp3) is 0.667. The van der Waals surface area contributed by atoms with E-state index in [2.05, 4.69) is 28.8 Å². The van der Waals surface area contributed by atoms with Gasteiger partial charge in [-0.25, -0.2) is 15.0 Å². The molecule has 1 heterocycles. The van der Waals surface area contributed by atoms with Crippen LogP contribution < -0.4 is 0 Å². The van der Waals surface area contributed by atoms with Crippen LogP contribution in [-0.2, 0) is 0 Å². The maximum absolute atomic E-state index is 3.56. The fourth-order valence-electron chi connectivity index (χ4n) is 0.205. The van der Waals surface area contributed by atoms with Crippen molar-refractivity contribution in [3.05, 3.63) is 19.0 Å². The molecule has 0 unspecified atom stereocenters. The summed E-state index contributed by atoms with van der Waals surface area (Å²) < 4.78 is 0. The Morgan fingerprint density at radius 2 is 1.00 bits per heavy atom. The van der Waals surface area contributed by atoms with Crippen molar-refractivity contribution in [1.82, 2.24) is 15.0 Å². The largest absolute Gasteiger partial charge is 0.225 e. The zero-order valence-corrected chi connectivity index (χ0v) is 7.78. The molecule has 0 amide bonds. The summed E-state index contributed by atoms with van der Waals surface area (Å²) in [6.07, 6.45) is 5.56. The first kappa shape index (κ1) is 17.2. The summed E-state index contributed by atoms with van der Waals surface area (Å²) in [5.41, 5.74) is 0. The number of aromatic nitrogens is 3. The van der Waals surface area contributed by atoms with Gasteiger partial charge in [0.15, 0.2) is 0 Å². The van der Waals surface area contributed by atoms with Crippen LogP contribution in [0.2, 0.25) is 0 Å². The molecule has 0 aromatic carbocycles. The molecule has 12 heavy (non-hydrogen) atoms. The van der Waals surface area contributed by atoms with Gasteiger partial charge < -0.3 is 0 Å². The van der Waals surface area contributed by atoms with E-state index in [1.165, 1.54) is 25.4 Å². The Labute approximate surface area is 76.3 Å². The van der Waals surface area contributed by atoms with Crippen LogP contribution in [0.4, 0.5) is 0 Å². The summed E-state index contributed by atoms with van der Waals surface area (Å²) in [6, 6.07) is 0. The summed E-state index contributed by atoms with van der Waals surface area (Å²) in [6.45, 7) is 8.25. The molecule has 1 aromatic heterocycles. The van der Waals surface area contributed by atoms with E-state index in [0.29, 0.717) is 0 Å². The average molecular weight is 171 g/mol. The highest BCUT2D eigenvalue weighted by molar-refractivity contribution is 4.51. The molecular formula is C9H21N3. The van der Waals surface area contributed by atoms with E-state index in [1.54, 1.807) is 0 Å². The molecule has 0 spiro atoms. The van der Waals surface area contributed by atoms with Crippen LogP contribution in [0.3, 0.4) is 0 Å². The summed E-state index contributed by atoms with van der Waals surface area (Å²) in [4.78, 5) is 10.7. The van der Waals surface area contributed by atoms with E-state index in [4.69, 9.17) is 0 Å². The second-order valence-electron chi connectivity index (χ2n) is 1.50. The fourth-order valence-corrected chi connectivity index (χ4v) is 0.205. The lowest BCUT2D eigenvalue weighted by molar-refractivity contribution is 1.05. The van der Waals surface area contributed by atoms with Crippen molar-refractivity contribution < 1.29 is 0 Å². The number of rotatable bonds is 0. The Kier molecular flexibility index (Phi) is 32.2. The van der Waals surface area contributed by atoms with Crippen LogP contribution in [0.25, 0.3) is 0 Å². The number of nitrogens with zero attached hydrogens (tertiary/aromatic N) is 3. The van der Waals surface area contributed by atoms with Gasteiger partial charge in [-0.1, -0.05) is 41.5 Å².